The van der Waals surface area contributed by atoms with Gasteiger partial charge >= 0.3 is 0 Å². The molecule has 2 heterocycles. The first-order chi connectivity index (χ1) is 4.97. The zero-order valence-electron chi connectivity index (χ0n) is 4.94. The largest absolute Gasteiger partial charge is 0.364 e. The van der Waals surface area contributed by atoms with Crippen LogP contribution in [0.25, 0.3) is 11.3 Å². The van der Waals surface area contributed by atoms with Gasteiger partial charge in [0.1, 0.15) is 24.4 Å². The molecule has 49 valence electrons. The van der Waals surface area contributed by atoms with Gasteiger partial charge in [0, 0.05) is 6.07 Å². The van der Waals surface area contributed by atoms with Crippen LogP contribution in [0.2, 0.25) is 0 Å². The minimum absolute atomic E-state index is 0.682. The lowest BCUT2D eigenvalue weighted by Crippen LogP contribution is -1.69. The minimum atomic E-state index is 0.682. The number of rotatable bonds is 1. The summed E-state index contributed by atoms with van der Waals surface area (Å²) < 4.78 is 9.15. The molecule has 0 atom stereocenters. The average Bonchev–Trinajstić information content (AvgIpc) is 2.59. The molecule has 2 aromatic rings. The zero-order valence-corrected chi connectivity index (χ0v) is 4.94. The van der Waals surface area contributed by atoms with E-state index in [9.17, 15) is 0 Å². The predicted molar refractivity (Wildman–Crippen MR) is 30.8 cm³/mol. The minimum Gasteiger partial charge on any atom is -0.364 e. The number of nitrogens with zero attached hydrogens (tertiary/aromatic N) is 2. The van der Waals surface area contributed by atoms with E-state index in [4.69, 9.17) is 0 Å². The van der Waals surface area contributed by atoms with E-state index in [1.54, 1.807) is 6.07 Å². The van der Waals surface area contributed by atoms with Crippen LogP contribution in [0.1, 0.15) is 0 Å². The Kier molecular flexibility index (Phi) is 1.04. The molecule has 2 rings (SSSR count). The van der Waals surface area contributed by atoms with E-state index in [0.29, 0.717) is 11.3 Å². The summed E-state index contributed by atoms with van der Waals surface area (Å²) in [6.07, 6.45) is 5.54. The van der Waals surface area contributed by atoms with Gasteiger partial charge in [-0.2, -0.15) is 0 Å². The van der Waals surface area contributed by atoms with Crippen LogP contribution in [0.5, 0.6) is 0 Å². The molecule has 0 amide bonds. The molecule has 0 N–H and O–H groups in total. The van der Waals surface area contributed by atoms with Gasteiger partial charge in [-0.25, -0.2) is 0 Å². The van der Waals surface area contributed by atoms with Gasteiger partial charge in [0.2, 0.25) is 0 Å². The Morgan fingerprint density at radius 3 is 3.00 bits per heavy atom. The number of hydrogen-bond acceptors (Lipinski definition) is 4. The second-order valence-corrected chi connectivity index (χ2v) is 1.72. The van der Waals surface area contributed by atoms with E-state index in [1.807, 2.05) is 0 Å². The second kappa shape index (κ2) is 1.98. The molecule has 0 bridgehead atoms. The zero-order chi connectivity index (χ0) is 6.81. The monoisotopic (exact) mass is 135 g/mol. The van der Waals surface area contributed by atoms with Crippen molar-refractivity contribution in [3.8, 4) is 11.3 Å². The van der Waals surface area contributed by atoms with Crippen molar-refractivity contribution < 1.29 is 9.05 Å². The first-order valence-corrected chi connectivity index (χ1v) is 2.69. The van der Waals surface area contributed by atoms with Gasteiger partial charge < -0.3 is 9.05 Å². The molecular formula is C6H3N2O2. The van der Waals surface area contributed by atoms with Crippen LogP contribution in [0.15, 0.2) is 27.6 Å². The molecule has 0 aliphatic rings. The first-order valence-electron chi connectivity index (χ1n) is 2.69. The lowest BCUT2D eigenvalue weighted by atomic mass is 10.3. The molecule has 0 saturated carbocycles. The lowest BCUT2D eigenvalue weighted by Gasteiger charge is -1.77. The van der Waals surface area contributed by atoms with Gasteiger partial charge in [-0.3, -0.25) is 0 Å². The summed E-state index contributed by atoms with van der Waals surface area (Å²) in [6, 6.07) is 1.71. The van der Waals surface area contributed by atoms with E-state index in [0.717, 1.165) is 0 Å². The standard InChI is InChI=1S/C6H3N2O2/c1-2-9-8-6(1)5-3-7-10-4-5/h1-2,4H. The summed E-state index contributed by atoms with van der Waals surface area (Å²) in [4.78, 5) is 0. The smallest absolute Gasteiger partial charge is 0.146 e. The maximum absolute atomic E-state index is 4.60. The fraction of sp³-hybridized carbons (Fsp3) is 0. The Labute approximate surface area is 56.4 Å². The van der Waals surface area contributed by atoms with Crippen molar-refractivity contribution in [2.45, 2.75) is 0 Å². The van der Waals surface area contributed by atoms with Crippen molar-refractivity contribution in [3.63, 3.8) is 0 Å². The molecule has 2 aromatic heterocycles. The fourth-order valence-corrected chi connectivity index (χ4v) is 0.650. The van der Waals surface area contributed by atoms with E-state index in [2.05, 4.69) is 25.6 Å². The highest BCUT2D eigenvalue weighted by molar-refractivity contribution is 5.53. The van der Waals surface area contributed by atoms with Crippen LogP contribution in [-0.4, -0.2) is 10.3 Å². The van der Waals surface area contributed by atoms with Gasteiger partial charge in [0.05, 0.1) is 5.56 Å². The van der Waals surface area contributed by atoms with Crippen LogP contribution < -0.4 is 0 Å². The Balaban J connectivity index is 2.48. The SMILES string of the molecule is [c]1nocc1-c1ccon1. The Morgan fingerprint density at radius 2 is 2.40 bits per heavy atom. The average molecular weight is 135 g/mol. The highest BCUT2D eigenvalue weighted by Gasteiger charge is 2.02. The fourth-order valence-electron chi connectivity index (χ4n) is 0.650. The highest BCUT2D eigenvalue weighted by atomic mass is 16.5. The summed E-state index contributed by atoms with van der Waals surface area (Å²) in [5.74, 6) is 0. The summed E-state index contributed by atoms with van der Waals surface area (Å²) >= 11 is 0. The van der Waals surface area contributed by atoms with Crippen molar-refractivity contribution >= 4 is 0 Å². The molecule has 0 aliphatic heterocycles. The Hall–Kier alpha value is -1.58. The predicted octanol–water partition coefficient (Wildman–Crippen LogP) is 1.13. The van der Waals surface area contributed by atoms with E-state index in [-0.39, 0.29) is 0 Å². The highest BCUT2D eigenvalue weighted by Crippen LogP contribution is 2.13. The molecule has 1 radical (unpaired) electrons. The van der Waals surface area contributed by atoms with Crippen LogP contribution in [0.3, 0.4) is 0 Å². The van der Waals surface area contributed by atoms with Gasteiger partial charge in [-0.1, -0.05) is 10.3 Å². The van der Waals surface area contributed by atoms with Crippen molar-refractivity contribution in [2.24, 2.45) is 0 Å². The lowest BCUT2D eigenvalue weighted by molar-refractivity contribution is 0.417. The number of hydrogen-bond donors (Lipinski definition) is 0. The third kappa shape index (κ3) is 0.699. The van der Waals surface area contributed by atoms with Crippen molar-refractivity contribution in [2.75, 3.05) is 0 Å². The van der Waals surface area contributed by atoms with Crippen molar-refractivity contribution in [1.82, 2.24) is 10.3 Å². The van der Waals surface area contributed by atoms with E-state index >= 15 is 0 Å². The van der Waals surface area contributed by atoms with E-state index in [1.165, 1.54) is 12.5 Å². The molecule has 4 heteroatoms. The molecule has 0 aromatic carbocycles. The quantitative estimate of drug-likeness (QED) is 0.588. The molecule has 10 heavy (non-hydrogen) atoms. The van der Waals surface area contributed by atoms with Crippen LogP contribution in [0, 0.1) is 6.20 Å². The van der Waals surface area contributed by atoms with Crippen molar-refractivity contribution in [3.05, 3.63) is 24.8 Å². The first kappa shape index (κ1) is 5.22. The summed E-state index contributed by atoms with van der Waals surface area (Å²) in [7, 11) is 0. The van der Waals surface area contributed by atoms with E-state index < -0.39 is 0 Å². The molecule has 0 fully saturated rings. The van der Waals surface area contributed by atoms with Gasteiger partial charge in [0.15, 0.2) is 0 Å². The Bertz CT molecular complexity index is 253. The number of aromatic nitrogens is 2. The molecule has 0 unspecified atom stereocenters. The van der Waals surface area contributed by atoms with Gasteiger partial charge in [0.25, 0.3) is 0 Å². The molecule has 0 aliphatic carbocycles. The summed E-state index contributed by atoms with van der Waals surface area (Å²) in [5, 5.41) is 7.05. The van der Waals surface area contributed by atoms with Gasteiger partial charge in [-0.15, -0.1) is 0 Å². The van der Waals surface area contributed by atoms with Gasteiger partial charge in [-0.05, 0) is 0 Å². The maximum Gasteiger partial charge on any atom is 0.146 e. The summed E-state index contributed by atoms with van der Waals surface area (Å²) in [5.41, 5.74) is 1.38. The topological polar surface area (TPSA) is 52.1 Å². The molecule has 4 nitrogen and oxygen atoms in total. The molecular weight excluding hydrogens is 132 g/mol. The third-order valence-electron chi connectivity index (χ3n) is 1.10. The van der Waals surface area contributed by atoms with Crippen LogP contribution in [-0.2, 0) is 0 Å². The van der Waals surface area contributed by atoms with Crippen molar-refractivity contribution in [1.29, 1.82) is 0 Å². The normalized spacial score (nSPS) is 10.0. The Morgan fingerprint density at radius 1 is 1.40 bits per heavy atom. The maximum atomic E-state index is 4.60. The summed E-state index contributed by atoms with van der Waals surface area (Å²) in [6.45, 7) is 0. The molecule has 0 spiro atoms. The second-order valence-electron chi connectivity index (χ2n) is 1.72. The van der Waals surface area contributed by atoms with Crippen LogP contribution in [0.4, 0.5) is 0 Å². The molecule has 0 saturated heterocycles. The third-order valence-corrected chi connectivity index (χ3v) is 1.10. The van der Waals surface area contributed by atoms with Crippen LogP contribution >= 0.6 is 0 Å².